The molecule has 1 atom stereocenters. The zero-order chi connectivity index (χ0) is 15.1. The van der Waals surface area contributed by atoms with Crippen LogP contribution in [0.4, 0.5) is 5.69 Å². The Morgan fingerprint density at radius 1 is 1.29 bits per heavy atom. The van der Waals surface area contributed by atoms with Crippen LogP contribution in [0.2, 0.25) is 0 Å². The van der Waals surface area contributed by atoms with E-state index >= 15 is 0 Å². The van der Waals surface area contributed by atoms with Crippen molar-refractivity contribution in [3.8, 4) is 6.07 Å². The van der Waals surface area contributed by atoms with Gasteiger partial charge in [-0.1, -0.05) is 13.8 Å². The van der Waals surface area contributed by atoms with Gasteiger partial charge in [0.05, 0.1) is 11.9 Å². The van der Waals surface area contributed by atoms with Crippen molar-refractivity contribution < 1.29 is 0 Å². The molecule has 2 rings (SSSR count). The summed E-state index contributed by atoms with van der Waals surface area (Å²) in [6, 6.07) is 5.69. The van der Waals surface area contributed by atoms with E-state index in [-0.39, 0.29) is 0 Å². The smallest absolute Gasteiger partial charge is 0.140 e. The van der Waals surface area contributed by atoms with E-state index in [0.29, 0.717) is 11.6 Å². The number of aromatic nitrogens is 1. The fourth-order valence-electron chi connectivity index (χ4n) is 2.65. The minimum atomic E-state index is 0.461. The fourth-order valence-corrected chi connectivity index (χ4v) is 2.65. The Morgan fingerprint density at radius 2 is 2.00 bits per heavy atom. The molecule has 1 aromatic rings. The van der Waals surface area contributed by atoms with Crippen LogP contribution in [0.25, 0.3) is 0 Å². The van der Waals surface area contributed by atoms with Gasteiger partial charge >= 0.3 is 0 Å². The van der Waals surface area contributed by atoms with E-state index in [1.807, 2.05) is 12.1 Å². The number of likely N-dealkylation sites (N-methyl/N-ethyl adjacent to an activating group) is 1. The van der Waals surface area contributed by atoms with Crippen molar-refractivity contribution >= 4 is 5.69 Å². The molecule has 1 saturated heterocycles. The first-order chi connectivity index (χ1) is 10.2. The zero-order valence-electron chi connectivity index (χ0n) is 13.0. The molecular formula is C16H25N5. The second-order valence-electron chi connectivity index (χ2n) is 5.76. The summed E-state index contributed by atoms with van der Waals surface area (Å²) in [5.41, 5.74) is 1.44. The Morgan fingerprint density at radius 3 is 2.57 bits per heavy atom. The number of anilines is 1. The maximum Gasteiger partial charge on any atom is 0.140 e. The molecular weight excluding hydrogens is 262 g/mol. The monoisotopic (exact) mass is 287 g/mol. The summed E-state index contributed by atoms with van der Waals surface area (Å²) in [4.78, 5) is 9.12. The molecule has 0 aliphatic carbocycles. The van der Waals surface area contributed by atoms with Gasteiger partial charge in [0.25, 0.3) is 0 Å². The van der Waals surface area contributed by atoms with Crippen molar-refractivity contribution in [2.75, 3.05) is 51.1 Å². The summed E-state index contributed by atoms with van der Waals surface area (Å²) in [7, 11) is 0. The minimum Gasteiger partial charge on any atom is -0.383 e. The lowest BCUT2D eigenvalue weighted by Gasteiger charge is -2.35. The fraction of sp³-hybridized carbons (Fsp3) is 0.625. The van der Waals surface area contributed by atoms with Crippen LogP contribution in [0.15, 0.2) is 18.3 Å². The molecule has 0 spiro atoms. The maximum atomic E-state index is 8.72. The summed E-state index contributed by atoms with van der Waals surface area (Å²) in [6.45, 7) is 12.5. The molecule has 0 unspecified atom stereocenters. The highest BCUT2D eigenvalue weighted by molar-refractivity contribution is 5.42. The second kappa shape index (κ2) is 7.96. The van der Waals surface area contributed by atoms with Crippen LogP contribution < -0.4 is 5.32 Å². The first kappa shape index (κ1) is 15.7. The molecule has 1 N–H and O–H groups in total. The molecule has 1 aromatic heterocycles. The number of hydrogen-bond donors (Lipinski definition) is 1. The Labute approximate surface area is 127 Å². The number of piperazine rings is 1. The molecule has 0 bridgehead atoms. The number of nitrogens with one attached hydrogen (secondary N) is 1. The lowest BCUT2D eigenvalue weighted by Crippen LogP contribution is -2.47. The van der Waals surface area contributed by atoms with E-state index in [1.54, 1.807) is 12.3 Å². The van der Waals surface area contributed by atoms with Crippen molar-refractivity contribution in [2.45, 2.75) is 13.8 Å². The molecule has 114 valence electrons. The summed E-state index contributed by atoms with van der Waals surface area (Å²) in [5, 5.41) is 12.1. The van der Waals surface area contributed by atoms with Gasteiger partial charge in [-0.25, -0.2) is 4.98 Å². The number of rotatable bonds is 6. The average Bonchev–Trinajstić information content (AvgIpc) is 2.54. The summed E-state index contributed by atoms with van der Waals surface area (Å²) < 4.78 is 0. The van der Waals surface area contributed by atoms with Crippen LogP contribution in [0, 0.1) is 17.2 Å². The van der Waals surface area contributed by atoms with Crippen LogP contribution in [-0.4, -0.2) is 60.6 Å². The second-order valence-corrected chi connectivity index (χ2v) is 5.76. The van der Waals surface area contributed by atoms with Gasteiger partial charge in [0, 0.05) is 39.3 Å². The Balaban J connectivity index is 1.69. The third-order valence-electron chi connectivity index (χ3n) is 4.01. The molecule has 2 heterocycles. The Hall–Kier alpha value is -1.64. The van der Waals surface area contributed by atoms with Gasteiger partial charge in [-0.05, 0) is 24.6 Å². The van der Waals surface area contributed by atoms with Crippen molar-refractivity contribution in [1.29, 1.82) is 5.26 Å². The normalized spacial score (nSPS) is 18.1. The zero-order valence-corrected chi connectivity index (χ0v) is 13.0. The van der Waals surface area contributed by atoms with Crippen LogP contribution in [0.3, 0.4) is 0 Å². The SMILES string of the molecule is CCN1CCN(C[C@@H](C)CNc2ccc(C#N)nc2)CC1. The minimum absolute atomic E-state index is 0.461. The molecule has 1 aliphatic rings. The first-order valence-electron chi connectivity index (χ1n) is 7.76. The predicted molar refractivity (Wildman–Crippen MR) is 85.2 cm³/mol. The van der Waals surface area contributed by atoms with Crippen LogP contribution in [-0.2, 0) is 0 Å². The highest BCUT2D eigenvalue weighted by atomic mass is 15.3. The van der Waals surface area contributed by atoms with Gasteiger partial charge in [-0.2, -0.15) is 5.26 Å². The summed E-state index contributed by atoms with van der Waals surface area (Å²) >= 11 is 0. The van der Waals surface area contributed by atoms with Gasteiger partial charge in [-0.3, -0.25) is 0 Å². The third-order valence-corrected chi connectivity index (χ3v) is 4.01. The van der Waals surface area contributed by atoms with Crippen molar-refractivity contribution in [1.82, 2.24) is 14.8 Å². The lowest BCUT2D eigenvalue weighted by molar-refractivity contribution is 0.126. The van der Waals surface area contributed by atoms with Crippen LogP contribution >= 0.6 is 0 Å². The van der Waals surface area contributed by atoms with E-state index in [4.69, 9.17) is 5.26 Å². The van der Waals surface area contributed by atoms with Crippen LogP contribution in [0.1, 0.15) is 19.5 Å². The first-order valence-corrected chi connectivity index (χ1v) is 7.76. The summed E-state index contributed by atoms with van der Waals surface area (Å²) in [5.74, 6) is 0.591. The molecule has 1 aliphatic heterocycles. The van der Waals surface area contributed by atoms with Crippen molar-refractivity contribution in [3.63, 3.8) is 0 Å². The number of nitrogens with zero attached hydrogens (tertiary/aromatic N) is 4. The van der Waals surface area contributed by atoms with Gasteiger partial charge in [0.2, 0.25) is 0 Å². The standard InChI is InChI=1S/C16H25N5/c1-3-20-6-8-21(9-7-20)13-14(2)11-18-16-5-4-15(10-17)19-12-16/h4-5,12,14,18H,3,6-9,11,13H2,1-2H3/t14-/m0/s1. The highest BCUT2D eigenvalue weighted by Crippen LogP contribution is 2.09. The Bertz CT molecular complexity index is 457. The molecule has 5 heteroatoms. The largest absolute Gasteiger partial charge is 0.383 e. The third kappa shape index (κ3) is 5.00. The Kier molecular flexibility index (Phi) is 5.97. The quantitative estimate of drug-likeness (QED) is 0.862. The molecule has 0 aromatic carbocycles. The van der Waals surface area contributed by atoms with E-state index in [0.717, 1.165) is 25.3 Å². The van der Waals surface area contributed by atoms with Gasteiger partial charge < -0.3 is 15.1 Å². The summed E-state index contributed by atoms with van der Waals surface area (Å²) in [6.07, 6.45) is 1.73. The lowest BCUT2D eigenvalue weighted by atomic mass is 10.1. The molecule has 0 saturated carbocycles. The molecule has 1 fully saturated rings. The van der Waals surface area contributed by atoms with Crippen molar-refractivity contribution in [2.24, 2.45) is 5.92 Å². The van der Waals surface area contributed by atoms with E-state index < -0.39 is 0 Å². The molecule has 5 nitrogen and oxygen atoms in total. The predicted octanol–water partition coefficient (Wildman–Crippen LogP) is 1.64. The highest BCUT2D eigenvalue weighted by Gasteiger charge is 2.17. The van der Waals surface area contributed by atoms with Gasteiger partial charge in [0.15, 0.2) is 0 Å². The molecule has 0 radical (unpaired) electrons. The number of nitriles is 1. The van der Waals surface area contributed by atoms with E-state index in [1.165, 1.54) is 26.2 Å². The van der Waals surface area contributed by atoms with Crippen molar-refractivity contribution in [3.05, 3.63) is 24.0 Å². The topological polar surface area (TPSA) is 55.2 Å². The molecule has 0 amide bonds. The number of pyridine rings is 1. The average molecular weight is 287 g/mol. The van der Waals surface area contributed by atoms with Gasteiger partial charge in [0.1, 0.15) is 11.8 Å². The van der Waals surface area contributed by atoms with E-state index in [9.17, 15) is 0 Å². The van der Waals surface area contributed by atoms with E-state index in [2.05, 4.69) is 33.9 Å². The van der Waals surface area contributed by atoms with Gasteiger partial charge in [-0.15, -0.1) is 0 Å². The maximum absolute atomic E-state index is 8.72. The number of hydrogen-bond acceptors (Lipinski definition) is 5. The molecule has 21 heavy (non-hydrogen) atoms. The van der Waals surface area contributed by atoms with Crippen LogP contribution in [0.5, 0.6) is 0 Å².